The first-order valence-corrected chi connectivity index (χ1v) is 16.6. The number of rotatable bonds is 4. The van der Waals surface area contributed by atoms with Gasteiger partial charge >= 0.3 is 0 Å². The molecule has 0 radical (unpaired) electrons. The summed E-state index contributed by atoms with van der Waals surface area (Å²) in [6.45, 7) is 4.70. The molecule has 10 rings (SSSR count). The zero-order valence-electron chi connectivity index (χ0n) is 26.8. The number of nitrogens with zero attached hydrogens (tertiary/aromatic N) is 2. The van der Waals surface area contributed by atoms with Gasteiger partial charge in [0, 0.05) is 50.0 Å². The van der Waals surface area contributed by atoms with Crippen molar-refractivity contribution in [1.82, 2.24) is 4.57 Å². The van der Waals surface area contributed by atoms with E-state index in [2.05, 4.69) is 175 Å². The summed E-state index contributed by atoms with van der Waals surface area (Å²) in [4.78, 5) is 2.47. The van der Waals surface area contributed by atoms with E-state index in [1.165, 1.54) is 44.1 Å². The van der Waals surface area contributed by atoms with Crippen LogP contribution >= 0.6 is 0 Å². The summed E-state index contributed by atoms with van der Waals surface area (Å²) in [5, 5.41) is 4.69. The molecule has 48 heavy (non-hydrogen) atoms. The first-order valence-electron chi connectivity index (χ1n) is 16.6. The Bertz CT molecular complexity index is 2710. The van der Waals surface area contributed by atoms with Crippen molar-refractivity contribution in [3.8, 4) is 16.8 Å². The lowest BCUT2D eigenvalue weighted by Gasteiger charge is -2.29. The van der Waals surface area contributed by atoms with E-state index in [1.807, 2.05) is 6.07 Å². The van der Waals surface area contributed by atoms with E-state index in [1.54, 1.807) is 0 Å². The Morgan fingerprint density at radius 2 is 1.19 bits per heavy atom. The fraction of sp³-hybridized carbons (Fsp3) is 0.0667. The first-order chi connectivity index (χ1) is 23.6. The van der Waals surface area contributed by atoms with Crippen LogP contribution in [0.4, 0.5) is 17.1 Å². The third kappa shape index (κ3) is 3.70. The van der Waals surface area contributed by atoms with Crippen molar-refractivity contribution in [3.05, 3.63) is 169 Å². The van der Waals surface area contributed by atoms with E-state index in [0.717, 1.165) is 44.7 Å². The summed E-state index contributed by atoms with van der Waals surface area (Å²) in [5.74, 6) is 0. The molecule has 0 atom stereocenters. The van der Waals surface area contributed by atoms with E-state index in [9.17, 15) is 0 Å². The number of hydrogen-bond acceptors (Lipinski definition) is 2. The molecule has 2 heterocycles. The van der Waals surface area contributed by atoms with Crippen LogP contribution in [0, 0.1) is 0 Å². The summed E-state index contributed by atoms with van der Waals surface area (Å²) in [6, 6.07) is 56.9. The fourth-order valence-electron chi connectivity index (χ4n) is 8.23. The Labute approximate surface area is 278 Å². The number of fused-ring (bicyclic) bond motifs is 9. The van der Waals surface area contributed by atoms with Gasteiger partial charge in [-0.2, -0.15) is 0 Å². The Balaban J connectivity index is 1.33. The highest BCUT2D eigenvalue weighted by Crippen LogP contribution is 2.55. The molecule has 0 unspecified atom stereocenters. The molecule has 7 aromatic carbocycles. The Morgan fingerprint density at radius 3 is 2.08 bits per heavy atom. The third-order valence-corrected chi connectivity index (χ3v) is 10.4. The van der Waals surface area contributed by atoms with Gasteiger partial charge in [0.15, 0.2) is 0 Å². The lowest BCUT2D eigenvalue weighted by molar-refractivity contribution is 0.660. The summed E-state index contributed by atoms with van der Waals surface area (Å²) in [7, 11) is 0. The Hall–Kier alpha value is -6.06. The molecule has 2 aromatic heterocycles. The number of para-hydroxylation sites is 3. The molecule has 3 heteroatoms. The normalized spacial score (nSPS) is 13.4. The summed E-state index contributed by atoms with van der Waals surface area (Å²) >= 11 is 0. The molecular formula is C45H32N2O. The third-order valence-electron chi connectivity index (χ3n) is 10.4. The molecule has 3 nitrogen and oxygen atoms in total. The first kappa shape index (κ1) is 27.1. The van der Waals surface area contributed by atoms with Crippen LogP contribution in [0.5, 0.6) is 0 Å². The van der Waals surface area contributed by atoms with Gasteiger partial charge in [-0.1, -0.05) is 111 Å². The number of furan rings is 1. The highest BCUT2D eigenvalue weighted by molar-refractivity contribution is 6.17. The number of hydrogen-bond donors (Lipinski definition) is 0. The van der Waals surface area contributed by atoms with Gasteiger partial charge in [-0.15, -0.1) is 0 Å². The van der Waals surface area contributed by atoms with Crippen molar-refractivity contribution < 1.29 is 4.42 Å². The average Bonchev–Trinajstić information content (AvgIpc) is 3.75. The molecule has 0 N–H and O–H groups in total. The average molecular weight is 617 g/mol. The van der Waals surface area contributed by atoms with Crippen molar-refractivity contribution in [2.24, 2.45) is 0 Å². The quantitative estimate of drug-likeness (QED) is 0.196. The van der Waals surface area contributed by atoms with Crippen molar-refractivity contribution in [2.45, 2.75) is 19.3 Å². The molecule has 0 aliphatic heterocycles. The SMILES string of the molecule is CC1(C)c2ccccc2-c2c(N(c3ccc4c(c3)oc3ccccc34)c3cccc4c3c3ccccc3n4-c3ccccc3)cccc21. The van der Waals surface area contributed by atoms with E-state index in [0.29, 0.717) is 0 Å². The zero-order chi connectivity index (χ0) is 32.0. The van der Waals surface area contributed by atoms with Gasteiger partial charge < -0.3 is 13.9 Å². The maximum Gasteiger partial charge on any atom is 0.137 e. The van der Waals surface area contributed by atoms with Gasteiger partial charge in [-0.3, -0.25) is 0 Å². The van der Waals surface area contributed by atoms with Crippen LogP contribution in [-0.2, 0) is 5.41 Å². The minimum atomic E-state index is -0.119. The topological polar surface area (TPSA) is 21.3 Å². The van der Waals surface area contributed by atoms with Gasteiger partial charge in [0.25, 0.3) is 0 Å². The van der Waals surface area contributed by atoms with Crippen molar-refractivity contribution in [3.63, 3.8) is 0 Å². The van der Waals surface area contributed by atoms with Crippen LogP contribution < -0.4 is 4.90 Å². The number of benzene rings is 7. The number of anilines is 3. The van der Waals surface area contributed by atoms with Gasteiger partial charge in [-0.05, 0) is 71.3 Å². The highest BCUT2D eigenvalue weighted by Gasteiger charge is 2.38. The maximum absolute atomic E-state index is 6.49. The second kappa shape index (κ2) is 9.97. The predicted octanol–water partition coefficient (Wildman–Crippen LogP) is 12.5. The fourth-order valence-corrected chi connectivity index (χ4v) is 8.23. The highest BCUT2D eigenvalue weighted by atomic mass is 16.3. The summed E-state index contributed by atoms with van der Waals surface area (Å²) in [6.07, 6.45) is 0. The van der Waals surface area contributed by atoms with E-state index in [4.69, 9.17) is 4.42 Å². The molecule has 1 aliphatic carbocycles. The van der Waals surface area contributed by atoms with Gasteiger partial charge in [-0.25, -0.2) is 0 Å². The van der Waals surface area contributed by atoms with Crippen molar-refractivity contribution >= 4 is 60.8 Å². The molecule has 0 bridgehead atoms. The summed E-state index contributed by atoms with van der Waals surface area (Å²) < 4.78 is 8.88. The molecule has 9 aromatic rings. The second-order valence-corrected chi connectivity index (χ2v) is 13.3. The Morgan fingerprint density at radius 1 is 0.521 bits per heavy atom. The van der Waals surface area contributed by atoms with Crippen LogP contribution in [0.2, 0.25) is 0 Å². The minimum Gasteiger partial charge on any atom is -0.456 e. The molecule has 228 valence electrons. The Kier molecular flexibility index (Phi) is 5.63. The van der Waals surface area contributed by atoms with E-state index >= 15 is 0 Å². The largest absolute Gasteiger partial charge is 0.456 e. The summed E-state index contributed by atoms with van der Waals surface area (Å²) in [5.41, 5.74) is 13.8. The molecule has 0 fully saturated rings. The van der Waals surface area contributed by atoms with Crippen LogP contribution in [0.3, 0.4) is 0 Å². The van der Waals surface area contributed by atoms with Crippen LogP contribution in [0.1, 0.15) is 25.0 Å². The standard InChI is InChI=1S/C45H32N2O/c1-45(2)35-19-9-6-17-33(35)43-36(45)20-12-22-38(43)47(30-26-27-32-31-16-8-11-25-41(31)48-42(32)28-30)40-24-13-23-39-44(40)34-18-7-10-21-37(34)46(39)29-14-4-3-5-15-29/h3-28H,1-2H3. The monoisotopic (exact) mass is 616 g/mol. The molecule has 0 spiro atoms. The van der Waals surface area contributed by atoms with Crippen LogP contribution in [0.25, 0.3) is 60.6 Å². The second-order valence-electron chi connectivity index (χ2n) is 13.3. The molecular weight excluding hydrogens is 585 g/mol. The molecule has 0 saturated carbocycles. The molecule has 1 aliphatic rings. The predicted molar refractivity (Wildman–Crippen MR) is 200 cm³/mol. The van der Waals surface area contributed by atoms with E-state index < -0.39 is 0 Å². The van der Waals surface area contributed by atoms with Gasteiger partial charge in [0.1, 0.15) is 11.2 Å². The lowest BCUT2D eigenvalue weighted by Crippen LogP contribution is -2.16. The smallest absolute Gasteiger partial charge is 0.137 e. The minimum absolute atomic E-state index is 0.119. The van der Waals surface area contributed by atoms with Gasteiger partial charge in [0.2, 0.25) is 0 Å². The van der Waals surface area contributed by atoms with Crippen LogP contribution in [-0.4, -0.2) is 4.57 Å². The number of aromatic nitrogens is 1. The maximum atomic E-state index is 6.49. The van der Waals surface area contributed by atoms with Crippen molar-refractivity contribution in [2.75, 3.05) is 4.90 Å². The van der Waals surface area contributed by atoms with Crippen LogP contribution in [0.15, 0.2) is 162 Å². The van der Waals surface area contributed by atoms with Gasteiger partial charge in [0.05, 0.1) is 22.4 Å². The molecule has 0 amide bonds. The van der Waals surface area contributed by atoms with E-state index in [-0.39, 0.29) is 5.41 Å². The van der Waals surface area contributed by atoms with Crippen molar-refractivity contribution in [1.29, 1.82) is 0 Å². The lowest BCUT2D eigenvalue weighted by atomic mass is 9.82. The zero-order valence-corrected chi connectivity index (χ0v) is 26.8. The molecule has 0 saturated heterocycles.